The SMILES string of the molecule is Cc1cnccc1-c1ccc(C(C)C)cc1. The predicted molar refractivity (Wildman–Crippen MR) is 68.5 cm³/mol. The molecule has 1 heteroatoms. The van der Waals surface area contributed by atoms with E-state index in [1.807, 2.05) is 12.4 Å². The van der Waals surface area contributed by atoms with E-state index >= 15 is 0 Å². The highest BCUT2D eigenvalue weighted by atomic mass is 14.6. The Morgan fingerprint density at radius 3 is 2.25 bits per heavy atom. The number of aromatic nitrogens is 1. The van der Waals surface area contributed by atoms with Crippen LogP contribution in [0.5, 0.6) is 0 Å². The van der Waals surface area contributed by atoms with E-state index < -0.39 is 0 Å². The summed E-state index contributed by atoms with van der Waals surface area (Å²) in [5.74, 6) is 0.590. The lowest BCUT2D eigenvalue weighted by Crippen LogP contribution is -1.88. The Hall–Kier alpha value is -1.63. The average molecular weight is 211 g/mol. The van der Waals surface area contributed by atoms with E-state index in [9.17, 15) is 0 Å². The molecule has 0 aliphatic heterocycles. The normalized spacial score (nSPS) is 10.8. The van der Waals surface area contributed by atoms with Crippen molar-refractivity contribution in [2.24, 2.45) is 0 Å². The maximum absolute atomic E-state index is 4.12. The van der Waals surface area contributed by atoms with Gasteiger partial charge < -0.3 is 0 Å². The van der Waals surface area contributed by atoms with Gasteiger partial charge in [0.05, 0.1) is 0 Å². The Kier molecular flexibility index (Phi) is 3.04. The van der Waals surface area contributed by atoms with E-state index in [2.05, 4.69) is 56.1 Å². The second kappa shape index (κ2) is 4.48. The molecule has 0 radical (unpaired) electrons. The molecule has 1 nitrogen and oxygen atoms in total. The van der Waals surface area contributed by atoms with Gasteiger partial charge in [0.2, 0.25) is 0 Å². The van der Waals surface area contributed by atoms with E-state index in [4.69, 9.17) is 0 Å². The second-order valence-electron chi connectivity index (χ2n) is 4.47. The lowest BCUT2D eigenvalue weighted by molar-refractivity contribution is 0.867. The van der Waals surface area contributed by atoms with E-state index in [1.54, 1.807) is 0 Å². The summed E-state index contributed by atoms with van der Waals surface area (Å²) in [6.45, 7) is 6.53. The van der Waals surface area contributed by atoms with Crippen LogP contribution in [0.25, 0.3) is 11.1 Å². The zero-order chi connectivity index (χ0) is 11.5. The summed E-state index contributed by atoms with van der Waals surface area (Å²) in [6, 6.07) is 10.9. The van der Waals surface area contributed by atoms with Gasteiger partial charge in [0.1, 0.15) is 0 Å². The Balaban J connectivity index is 2.39. The lowest BCUT2D eigenvalue weighted by atomic mass is 9.97. The lowest BCUT2D eigenvalue weighted by Gasteiger charge is -2.08. The van der Waals surface area contributed by atoms with Crippen LogP contribution >= 0.6 is 0 Å². The van der Waals surface area contributed by atoms with Crippen molar-refractivity contribution in [3.63, 3.8) is 0 Å². The molecule has 0 saturated carbocycles. The molecule has 16 heavy (non-hydrogen) atoms. The first-order valence-electron chi connectivity index (χ1n) is 5.69. The molecule has 0 N–H and O–H groups in total. The molecular formula is C15H17N. The molecule has 0 spiro atoms. The number of nitrogens with zero attached hydrogens (tertiary/aromatic N) is 1. The number of pyridine rings is 1. The quantitative estimate of drug-likeness (QED) is 0.726. The first-order valence-corrected chi connectivity index (χ1v) is 5.69. The van der Waals surface area contributed by atoms with Crippen molar-refractivity contribution in [1.82, 2.24) is 4.98 Å². The summed E-state index contributed by atoms with van der Waals surface area (Å²) in [5.41, 5.74) is 5.14. The summed E-state index contributed by atoms with van der Waals surface area (Å²) in [6.07, 6.45) is 3.75. The predicted octanol–water partition coefficient (Wildman–Crippen LogP) is 4.18. The average Bonchev–Trinajstić information content (AvgIpc) is 2.30. The fraction of sp³-hybridized carbons (Fsp3) is 0.267. The molecule has 2 aromatic rings. The van der Waals surface area contributed by atoms with E-state index in [-0.39, 0.29) is 0 Å². The van der Waals surface area contributed by atoms with Crippen LogP contribution in [-0.2, 0) is 0 Å². The van der Waals surface area contributed by atoms with E-state index in [0.717, 1.165) is 0 Å². The molecule has 1 aromatic carbocycles. The summed E-state index contributed by atoms with van der Waals surface area (Å²) < 4.78 is 0. The van der Waals surface area contributed by atoms with Gasteiger partial charge in [-0.1, -0.05) is 38.1 Å². The molecule has 0 amide bonds. The summed E-state index contributed by atoms with van der Waals surface area (Å²) in [7, 11) is 0. The fourth-order valence-corrected chi connectivity index (χ4v) is 1.84. The van der Waals surface area contributed by atoms with Crippen molar-refractivity contribution >= 4 is 0 Å². The van der Waals surface area contributed by atoms with Crippen molar-refractivity contribution < 1.29 is 0 Å². The molecule has 0 bridgehead atoms. The van der Waals surface area contributed by atoms with Gasteiger partial charge in [-0.05, 0) is 41.2 Å². The zero-order valence-corrected chi connectivity index (χ0v) is 10.1. The van der Waals surface area contributed by atoms with Crippen LogP contribution in [-0.4, -0.2) is 4.98 Å². The topological polar surface area (TPSA) is 12.9 Å². The third-order valence-corrected chi connectivity index (χ3v) is 2.91. The van der Waals surface area contributed by atoms with E-state index in [0.29, 0.717) is 5.92 Å². The highest BCUT2D eigenvalue weighted by molar-refractivity contribution is 5.66. The smallest absolute Gasteiger partial charge is 0.0303 e. The van der Waals surface area contributed by atoms with Gasteiger partial charge in [0, 0.05) is 12.4 Å². The van der Waals surface area contributed by atoms with Crippen LogP contribution in [0.3, 0.4) is 0 Å². The third-order valence-electron chi connectivity index (χ3n) is 2.91. The molecule has 0 unspecified atom stereocenters. The van der Waals surface area contributed by atoms with Crippen LogP contribution in [0.15, 0.2) is 42.7 Å². The van der Waals surface area contributed by atoms with Gasteiger partial charge in [-0.3, -0.25) is 4.98 Å². The van der Waals surface area contributed by atoms with Crippen molar-refractivity contribution in [3.8, 4) is 11.1 Å². The van der Waals surface area contributed by atoms with Crippen LogP contribution in [0.4, 0.5) is 0 Å². The molecule has 2 rings (SSSR count). The molecule has 1 heterocycles. The van der Waals surface area contributed by atoms with Crippen LogP contribution in [0, 0.1) is 6.92 Å². The molecular weight excluding hydrogens is 194 g/mol. The number of rotatable bonds is 2. The fourth-order valence-electron chi connectivity index (χ4n) is 1.84. The van der Waals surface area contributed by atoms with Crippen LogP contribution in [0.1, 0.15) is 30.9 Å². The molecule has 0 aliphatic carbocycles. The molecule has 0 atom stereocenters. The zero-order valence-electron chi connectivity index (χ0n) is 10.1. The summed E-state index contributed by atoms with van der Waals surface area (Å²) in [4.78, 5) is 4.12. The van der Waals surface area contributed by atoms with Gasteiger partial charge >= 0.3 is 0 Å². The maximum Gasteiger partial charge on any atom is 0.0303 e. The Morgan fingerprint density at radius 1 is 1.00 bits per heavy atom. The minimum atomic E-state index is 0.590. The molecule has 0 aliphatic rings. The van der Waals surface area contributed by atoms with Crippen molar-refractivity contribution in [3.05, 3.63) is 53.9 Å². The standard InChI is InChI=1S/C15H17N/c1-11(2)13-4-6-14(7-5-13)15-8-9-16-10-12(15)3/h4-11H,1-3H3. The molecule has 0 saturated heterocycles. The monoisotopic (exact) mass is 211 g/mol. The second-order valence-corrected chi connectivity index (χ2v) is 4.47. The minimum Gasteiger partial charge on any atom is -0.264 e. The third kappa shape index (κ3) is 2.13. The Morgan fingerprint density at radius 2 is 1.69 bits per heavy atom. The van der Waals surface area contributed by atoms with Gasteiger partial charge in [0.25, 0.3) is 0 Å². The van der Waals surface area contributed by atoms with Gasteiger partial charge in [-0.15, -0.1) is 0 Å². The highest BCUT2D eigenvalue weighted by Crippen LogP contribution is 2.24. The largest absolute Gasteiger partial charge is 0.264 e. The van der Waals surface area contributed by atoms with Crippen LogP contribution < -0.4 is 0 Å². The van der Waals surface area contributed by atoms with Crippen LogP contribution in [0.2, 0.25) is 0 Å². The Bertz CT molecular complexity index is 469. The summed E-state index contributed by atoms with van der Waals surface area (Å²) in [5, 5.41) is 0. The number of benzene rings is 1. The molecule has 82 valence electrons. The van der Waals surface area contributed by atoms with Gasteiger partial charge in [-0.25, -0.2) is 0 Å². The summed E-state index contributed by atoms with van der Waals surface area (Å²) >= 11 is 0. The van der Waals surface area contributed by atoms with E-state index in [1.165, 1.54) is 22.3 Å². The highest BCUT2D eigenvalue weighted by Gasteiger charge is 2.02. The first kappa shape index (κ1) is 10.9. The first-order chi connectivity index (χ1) is 7.68. The minimum absolute atomic E-state index is 0.590. The molecule has 1 aromatic heterocycles. The van der Waals surface area contributed by atoms with Gasteiger partial charge in [0.15, 0.2) is 0 Å². The number of hydrogen-bond acceptors (Lipinski definition) is 1. The Labute approximate surface area is 97.2 Å². The van der Waals surface area contributed by atoms with Gasteiger partial charge in [-0.2, -0.15) is 0 Å². The maximum atomic E-state index is 4.12. The van der Waals surface area contributed by atoms with Crippen molar-refractivity contribution in [1.29, 1.82) is 0 Å². The van der Waals surface area contributed by atoms with Crippen molar-refractivity contribution in [2.75, 3.05) is 0 Å². The number of aryl methyl sites for hydroxylation is 1. The molecule has 0 fully saturated rings. The number of hydrogen-bond donors (Lipinski definition) is 0. The van der Waals surface area contributed by atoms with Crippen molar-refractivity contribution in [2.45, 2.75) is 26.7 Å².